The van der Waals surface area contributed by atoms with Gasteiger partial charge in [0.05, 0.1) is 6.42 Å². The summed E-state index contributed by atoms with van der Waals surface area (Å²) in [6.45, 7) is 0.320. The fourth-order valence-corrected chi connectivity index (χ4v) is 2.57. The summed E-state index contributed by atoms with van der Waals surface area (Å²) in [4.78, 5) is 60.8. The molecule has 0 bridgehead atoms. The predicted molar refractivity (Wildman–Crippen MR) is 106 cm³/mol. The van der Waals surface area contributed by atoms with Crippen LogP contribution in [-0.4, -0.2) is 68.8 Å². The molecule has 170 valence electrons. The molecule has 0 radical (unpaired) electrons. The van der Waals surface area contributed by atoms with Crippen molar-refractivity contribution in [2.45, 2.75) is 50.6 Å². The fraction of sp³-hybridized carbons (Fsp3) is 0.474. The molecule has 1 heterocycles. The number of rotatable bonds is 14. The third-order valence-electron chi connectivity index (χ3n) is 4.16. The van der Waals surface area contributed by atoms with Gasteiger partial charge in [0.25, 0.3) is 0 Å². The molecule has 0 aliphatic rings. The number of urea groups is 1. The number of hydrogen-bond acceptors (Lipinski definition) is 6. The number of carboxylic acids is 3. The zero-order chi connectivity index (χ0) is 23.2. The van der Waals surface area contributed by atoms with Crippen molar-refractivity contribution in [1.29, 1.82) is 0 Å². The molecule has 3 amide bonds. The van der Waals surface area contributed by atoms with Gasteiger partial charge in [-0.05, 0) is 37.8 Å². The van der Waals surface area contributed by atoms with Gasteiger partial charge < -0.3 is 31.3 Å². The van der Waals surface area contributed by atoms with Crippen LogP contribution in [0.2, 0.25) is 0 Å². The Morgan fingerprint density at radius 3 is 2.10 bits per heavy atom. The van der Waals surface area contributed by atoms with Crippen LogP contribution in [0.15, 0.2) is 24.4 Å². The van der Waals surface area contributed by atoms with Gasteiger partial charge in [0.15, 0.2) is 0 Å². The van der Waals surface area contributed by atoms with E-state index in [1.54, 1.807) is 24.4 Å². The Hall–Kier alpha value is -3.70. The number of unbranched alkanes of at least 4 members (excludes halogenated alkanes) is 1. The average Bonchev–Trinajstić information content (AvgIpc) is 2.70. The lowest BCUT2D eigenvalue weighted by molar-refractivity contribution is -0.140. The summed E-state index contributed by atoms with van der Waals surface area (Å²) in [6.07, 6.45) is 1.82. The summed E-state index contributed by atoms with van der Waals surface area (Å²) < 4.78 is 0. The summed E-state index contributed by atoms with van der Waals surface area (Å²) in [7, 11) is 0. The van der Waals surface area contributed by atoms with Crippen molar-refractivity contribution in [3.8, 4) is 0 Å². The van der Waals surface area contributed by atoms with Gasteiger partial charge in [0.1, 0.15) is 12.1 Å². The van der Waals surface area contributed by atoms with E-state index in [0.29, 0.717) is 25.1 Å². The van der Waals surface area contributed by atoms with Gasteiger partial charge in [0.2, 0.25) is 5.91 Å². The molecule has 2 atom stereocenters. The van der Waals surface area contributed by atoms with E-state index in [4.69, 9.17) is 10.2 Å². The highest BCUT2D eigenvalue weighted by atomic mass is 16.4. The number of nitrogens with one attached hydrogen (secondary N) is 3. The second-order valence-corrected chi connectivity index (χ2v) is 6.68. The topological polar surface area (TPSA) is 195 Å². The molecule has 0 aliphatic carbocycles. The molecule has 0 aliphatic heterocycles. The molecule has 1 rings (SSSR count). The highest BCUT2D eigenvalue weighted by Crippen LogP contribution is 2.03. The lowest BCUT2D eigenvalue weighted by Gasteiger charge is -2.18. The minimum absolute atomic E-state index is 0.0612. The van der Waals surface area contributed by atoms with E-state index in [1.165, 1.54) is 0 Å². The molecular formula is C19H26N4O8. The molecule has 6 N–H and O–H groups in total. The van der Waals surface area contributed by atoms with E-state index in [9.17, 15) is 29.1 Å². The molecule has 0 saturated heterocycles. The van der Waals surface area contributed by atoms with E-state index in [0.717, 1.165) is 0 Å². The van der Waals surface area contributed by atoms with Crippen molar-refractivity contribution >= 4 is 29.8 Å². The third-order valence-corrected chi connectivity index (χ3v) is 4.16. The van der Waals surface area contributed by atoms with Crippen molar-refractivity contribution in [1.82, 2.24) is 20.9 Å². The molecule has 12 heteroatoms. The number of nitrogens with zero attached hydrogens (tertiary/aromatic N) is 1. The lowest BCUT2D eigenvalue weighted by Crippen LogP contribution is -2.51. The number of carbonyl (C=O) groups excluding carboxylic acids is 2. The van der Waals surface area contributed by atoms with Crippen LogP contribution in [0.5, 0.6) is 0 Å². The van der Waals surface area contributed by atoms with Gasteiger partial charge >= 0.3 is 23.9 Å². The van der Waals surface area contributed by atoms with Gasteiger partial charge in [-0.25, -0.2) is 14.4 Å². The molecule has 0 fully saturated rings. The Balaban J connectivity index is 2.35. The monoisotopic (exact) mass is 438 g/mol. The molecule has 0 aromatic carbocycles. The Morgan fingerprint density at radius 2 is 1.55 bits per heavy atom. The van der Waals surface area contributed by atoms with Crippen molar-refractivity contribution in [3.63, 3.8) is 0 Å². The first kappa shape index (κ1) is 25.3. The number of amides is 3. The standard InChI is InChI=1S/C19H26N4O8/c24-15(11-12-5-1-3-9-20-12)21-10-4-2-6-13(17(27)28)22-19(31)23-14(18(29)30)7-8-16(25)26/h1,3,5,9,13-14H,2,4,6-8,10-11H2,(H,21,24)(H,25,26)(H,27,28)(H,29,30)(H2,22,23,31)/t13-,14-/m0/s1. The third kappa shape index (κ3) is 11.2. The number of aromatic nitrogens is 1. The van der Waals surface area contributed by atoms with Crippen LogP contribution in [0.1, 0.15) is 37.8 Å². The fourth-order valence-electron chi connectivity index (χ4n) is 2.57. The summed E-state index contributed by atoms with van der Waals surface area (Å²) in [6, 6.07) is 1.50. The number of pyridine rings is 1. The number of hydrogen-bond donors (Lipinski definition) is 6. The normalized spacial score (nSPS) is 12.3. The van der Waals surface area contributed by atoms with Crippen LogP contribution >= 0.6 is 0 Å². The SMILES string of the molecule is O=C(O)CC[C@H](NC(=O)N[C@@H](CCCCNC(=O)Cc1ccccn1)C(=O)O)C(=O)O. The highest BCUT2D eigenvalue weighted by molar-refractivity contribution is 5.86. The number of aliphatic carboxylic acids is 3. The quantitative estimate of drug-likeness (QED) is 0.216. The summed E-state index contributed by atoms with van der Waals surface area (Å²) in [5.41, 5.74) is 0.629. The summed E-state index contributed by atoms with van der Waals surface area (Å²) >= 11 is 0. The van der Waals surface area contributed by atoms with Crippen LogP contribution in [0.25, 0.3) is 0 Å². The first-order chi connectivity index (χ1) is 14.7. The van der Waals surface area contributed by atoms with E-state index in [2.05, 4.69) is 20.9 Å². The molecule has 0 saturated carbocycles. The largest absolute Gasteiger partial charge is 0.481 e. The minimum Gasteiger partial charge on any atom is -0.481 e. The molecule has 1 aromatic rings. The van der Waals surface area contributed by atoms with Gasteiger partial charge in [-0.2, -0.15) is 0 Å². The van der Waals surface area contributed by atoms with Crippen molar-refractivity contribution in [3.05, 3.63) is 30.1 Å². The highest BCUT2D eigenvalue weighted by Gasteiger charge is 2.24. The zero-order valence-corrected chi connectivity index (χ0v) is 16.7. The average molecular weight is 438 g/mol. The van der Waals surface area contributed by atoms with Crippen molar-refractivity contribution < 1.29 is 39.3 Å². The molecular weight excluding hydrogens is 412 g/mol. The summed E-state index contributed by atoms with van der Waals surface area (Å²) in [5, 5.41) is 33.8. The minimum atomic E-state index is -1.46. The van der Waals surface area contributed by atoms with Gasteiger partial charge in [-0.1, -0.05) is 6.07 Å². The van der Waals surface area contributed by atoms with E-state index >= 15 is 0 Å². The van der Waals surface area contributed by atoms with E-state index in [1.807, 2.05) is 0 Å². The predicted octanol–water partition coefficient (Wildman–Crippen LogP) is -0.0190. The van der Waals surface area contributed by atoms with Gasteiger partial charge in [0, 0.05) is 24.9 Å². The first-order valence-corrected chi connectivity index (χ1v) is 9.60. The Kier molecular flexibility index (Phi) is 11.0. The second-order valence-electron chi connectivity index (χ2n) is 6.68. The maximum absolute atomic E-state index is 11.9. The van der Waals surface area contributed by atoms with Crippen LogP contribution in [0.4, 0.5) is 4.79 Å². The van der Waals surface area contributed by atoms with Crippen LogP contribution in [-0.2, 0) is 25.6 Å². The molecule has 1 aromatic heterocycles. The Labute approximate surface area is 178 Å². The van der Waals surface area contributed by atoms with Crippen molar-refractivity contribution in [2.24, 2.45) is 0 Å². The Bertz CT molecular complexity index is 771. The number of carbonyl (C=O) groups is 5. The number of carboxylic acid groups (broad SMARTS) is 3. The lowest BCUT2D eigenvalue weighted by atomic mass is 10.1. The van der Waals surface area contributed by atoms with Crippen LogP contribution in [0.3, 0.4) is 0 Å². The maximum Gasteiger partial charge on any atom is 0.326 e. The van der Waals surface area contributed by atoms with Gasteiger partial charge in [-0.3, -0.25) is 14.6 Å². The smallest absolute Gasteiger partial charge is 0.326 e. The molecule has 0 unspecified atom stereocenters. The maximum atomic E-state index is 11.9. The van der Waals surface area contributed by atoms with E-state index in [-0.39, 0.29) is 25.2 Å². The van der Waals surface area contributed by atoms with Crippen LogP contribution in [0, 0.1) is 0 Å². The Morgan fingerprint density at radius 1 is 0.903 bits per heavy atom. The first-order valence-electron chi connectivity index (χ1n) is 9.60. The van der Waals surface area contributed by atoms with Crippen molar-refractivity contribution in [2.75, 3.05) is 6.54 Å². The summed E-state index contributed by atoms with van der Waals surface area (Å²) in [5.74, 6) is -4.16. The van der Waals surface area contributed by atoms with E-state index < -0.39 is 42.4 Å². The van der Waals surface area contributed by atoms with Gasteiger partial charge in [-0.15, -0.1) is 0 Å². The second kappa shape index (κ2) is 13.5. The molecule has 31 heavy (non-hydrogen) atoms. The van der Waals surface area contributed by atoms with Crippen LogP contribution < -0.4 is 16.0 Å². The molecule has 0 spiro atoms. The molecule has 12 nitrogen and oxygen atoms in total. The zero-order valence-electron chi connectivity index (χ0n) is 16.7.